The van der Waals surface area contributed by atoms with Crippen molar-refractivity contribution in [3.8, 4) is 0 Å². The van der Waals surface area contributed by atoms with E-state index in [9.17, 15) is 14.7 Å². The van der Waals surface area contributed by atoms with Crippen LogP contribution in [0, 0.1) is 0 Å². The van der Waals surface area contributed by atoms with Crippen LogP contribution in [0.15, 0.2) is 36.4 Å². The zero-order chi connectivity index (χ0) is 19.6. The van der Waals surface area contributed by atoms with Gasteiger partial charge in [-0.3, -0.25) is 0 Å². The Balaban J connectivity index is 2.14. The number of carboxylic acids is 2. The largest absolute Gasteiger partial charge is 0.478 e. The van der Waals surface area contributed by atoms with Crippen molar-refractivity contribution in [2.75, 3.05) is 0 Å². The van der Waals surface area contributed by atoms with E-state index in [0.29, 0.717) is 29.0 Å². The minimum Gasteiger partial charge on any atom is -0.478 e. The summed E-state index contributed by atoms with van der Waals surface area (Å²) in [7, 11) is 0. The van der Waals surface area contributed by atoms with Gasteiger partial charge in [-0.1, -0.05) is 37.1 Å². The van der Waals surface area contributed by atoms with Gasteiger partial charge in [0.1, 0.15) is 11.3 Å². The molecule has 0 aliphatic heterocycles. The maximum Gasteiger partial charge on any atom is 0.337 e. The second-order valence-electron chi connectivity index (χ2n) is 6.32. The lowest BCUT2D eigenvalue weighted by atomic mass is 10.1. The summed E-state index contributed by atoms with van der Waals surface area (Å²) in [6, 6.07) is 9.56. The summed E-state index contributed by atoms with van der Waals surface area (Å²) in [6.07, 6.45) is 2.60. The van der Waals surface area contributed by atoms with Crippen molar-refractivity contribution in [1.29, 1.82) is 0 Å². The van der Waals surface area contributed by atoms with Crippen molar-refractivity contribution in [2.24, 2.45) is 0 Å². The third kappa shape index (κ3) is 3.80. The summed E-state index contributed by atoms with van der Waals surface area (Å²) in [5, 5.41) is 19.1. The molecular weight excluding hydrogens is 368 g/mol. The van der Waals surface area contributed by atoms with Crippen molar-refractivity contribution in [3.63, 3.8) is 0 Å². The summed E-state index contributed by atoms with van der Waals surface area (Å²) in [6.45, 7) is 2.46. The number of halogens is 1. The van der Waals surface area contributed by atoms with Gasteiger partial charge in [0.05, 0.1) is 21.7 Å². The molecule has 140 valence electrons. The number of carbonyl (C=O) groups is 2. The molecule has 0 unspecified atom stereocenters. The molecule has 0 saturated heterocycles. The van der Waals surface area contributed by atoms with Crippen LogP contribution in [-0.4, -0.2) is 31.7 Å². The molecule has 3 rings (SSSR count). The van der Waals surface area contributed by atoms with E-state index in [1.165, 1.54) is 18.2 Å². The minimum absolute atomic E-state index is 0.145. The molecule has 1 heterocycles. The molecule has 2 aromatic carbocycles. The van der Waals surface area contributed by atoms with Crippen molar-refractivity contribution >= 4 is 34.6 Å². The molecule has 0 fully saturated rings. The zero-order valence-corrected chi connectivity index (χ0v) is 15.5. The van der Waals surface area contributed by atoms with E-state index in [1.807, 2.05) is 4.57 Å². The highest BCUT2D eigenvalue weighted by atomic mass is 35.5. The first-order valence-corrected chi connectivity index (χ1v) is 9.03. The van der Waals surface area contributed by atoms with E-state index >= 15 is 0 Å². The van der Waals surface area contributed by atoms with E-state index in [-0.39, 0.29) is 11.1 Å². The van der Waals surface area contributed by atoms with Gasteiger partial charge in [0, 0.05) is 13.0 Å². The van der Waals surface area contributed by atoms with Crippen LogP contribution in [0.2, 0.25) is 5.02 Å². The number of unbranched alkanes of at least 4 members (excludes halogenated alkanes) is 1. The van der Waals surface area contributed by atoms with Crippen LogP contribution in [0.25, 0.3) is 11.0 Å². The second kappa shape index (κ2) is 7.80. The number of hydrogen-bond acceptors (Lipinski definition) is 3. The second-order valence-corrected chi connectivity index (χ2v) is 6.72. The molecule has 27 heavy (non-hydrogen) atoms. The third-order valence-electron chi connectivity index (χ3n) is 4.45. The number of aromatic nitrogens is 2. The van der Waals surface area contributed by atoms with E-state index < -0.39 is 11.9 Å². The number of imidazole rings is 1. The van der Waals surface area contributed by atoms with Crippen molar-refractivity contribution < 1.29 is 19.8 Å². The predicted molar refractivity (Wildman–Crippen MR) is 103 cm³/mol. The quantitative estimate of drug-likeness (QED) is 0.624. The van der Waals surface area contributed by atoms with Gasteiger partial charge < -0.3 is 14.8 Å². The Kier molecular flexibility index (Phi) is 5.46. The fourth-order valence-corrected chi connectivity index (χ4v) is 3.25. The zero-order valence-electron chi connectivity index (χ0n) is 14.8. The SMILES string of the molecule is CCCCc1nc2c(Cl)ccc(C(=O)O)c2n1Cc1ccc(C(=O)O)cc1. The number of carboxylic acid groups (broad SMARTS) is 2. The molecule has 0 aliphatic rings. The van der Waals surface area contributed by atoms with Crippen LogP contribution in [-0.2, 0) is 13.0 Å². The molecule has 0 atom stereocenters. The van der Waals surface area contributed by atoms with Gasteiger partial charge in [0.25, 0.3) is 0 Å². The number of fused-ring (bicyclic) bond motifs is 1. The van der Waals surface area contributed by atoms with E-state index in [4.69, 9.17) is 16.7 Å². The lowest BCUT2D eigenvalue weighted by Crippen LogP contribution is -2.09. The lowest BCUT2D eigenvalue weighted by molar-refractivity contribution is 0.0686. The van der Waals surface area contributed by atoms with Crippen LogP contribution in [0.4, 0.5) is 0 Å². The molecule has 2 N–H and O–H groups in total. The summed E-state index contributed by atoms with van der Waals surface area (Å²) < 4.78 is 1.87. The standard InChI is InChI=1S/C20H19ClN2O4/c1-2-3-4-16-22-17-15(21)10-9-14(20(26)27)18(17)23(16)11-12-5-7-13(8-6-12)19(24)25/h5-10H,2-4,11H2,1H3,(H,24,25)(H,26,27). The Morgan fingerprint density at radius 1 is 1.07 bits per heavy atom. The smallest absolute Gasteiger partial charge is 0.337 e. The van der Waals surface area contributed by atoms with Crippen LogP contribution >= 0.6 is 11.6 Å². The fourth-order valence-electron chi connectivity index (χ4n) is 3.06. The first kappa shape index (κ1) is 18.9. The highest BCUT2D eigenvalue weighted by Gasteiger charge is 2.20. The van der Waals surface area contributed by atoms with Gasteiger partial charge in [-0.2, -0.15) is 0 Å². The van der Waals surface area contributed by atoms with Gasteiger partial charge in [0.15, 0.2) is 0 Å². The highest BCUT2D eigenvalue weighted by molar-refractivity contribution is 6.35. The van der Waals surface area contributed by atoms with Gasteiger partial charge in [-0.15, -0.1) is 0 Å². The van der Waals surface area contributed by atoms with E-state index in [1.54, 1.807) is 18.2 Å². The number of nitrogens with zero attached hydrogens (tertiary/aromatic N) is 2. The lowest BCUT2D eigenvalue weighted by Gasteiger charge is -2.11. The highest BCUT2D eigenvalue weighted by Crippen LogP contribution is 2.29. The molecular formula is C20H19ClN2O4. The molecule has 7 heteroatoms. The van der Waals surface area contributed by atoms with Gasteiger partial charge in [-0.05, 0) is 36.2 Å². The average Bonchev–Trinajstić information content (AvgIpc) is 2.99. The number of aromatic carboxylic acids is 2. The third-order valence-corrected chi connectivity index (χ3v) is 4.76. The molecule has 1 aromatic heterocycles. The van der Waals surface area contributed by atoms with Crippen LogP contribution in [0.5, 0.6) is 0 Å². The molecule has 0 saturated carbocycles. The van der Waals surface area contributed by atoms with Crippen molar-refractivity contribution in [3.05, 3.63) is 63.9 Å². The Morgan fingerprint density at radius 3 is 2.37 bits per heavy atom. The van der Waals surface area contributed by atoms with Crippen LogP contribution < -0.4 is 0 Å². The summed E-state index contributed by atoms with van der Waals surface area (Å²) in [4.78, 5) is 27.4. The normalized spacial score (nSPS) is 11.0. The predicted octanol–water partition coefficient (Wildman–Crippen LogP) is 4.48. The van der Waals surface area contributed by atoms with E-state index in [2.05, 4.69) is 11.9 Å². The molecule has 0 spiro atoms. The Labute approximate surface area is 161 Å². The first-order valence-electron chi connectivity index (χ1n) is 8.65. The van der Waals surface area contributed by atoms with E-state index in [0.717, 1.165) is 24.2 Å². The monoisotopic (exact) mass is 386 g/mol. The molecule has 0 bridgehead atoms. The number of aryl methyl sites for hydroxylation is 1. The fraction of sp³-hybridized carbons (Fsp3) is 0.250. The Morgan fingerprint density at radius 2 is 1.78 bits per heavy atom. The molecule has 0 radical (unpaired) electrons. The molecule has 6 nitrogen and oxygen atoms in total. The molecule has 3 aromatic rings. The molecule has 0 aliphatic carbocycles. The number of hydrogen-bond donors (Lipinski definition) is 2. The Hall–Kier alpha value is -2.86. The number of benzene rings is 2. The average molecular weight is 387 g/mol. The van der Waals surface area contributed by atoms with Crippen LogP contribution in [0.3, 0.4) is 0 Å². The van der Waals surface area contributed by atoms with Crippen molar-refractivity contribution in [1.82, 2.24) is 9.55 Å². The summed E-state index contributed by atoms with van der Waals surface area (Å²) in [5.41, 5.74) is 2.17. The summed E-state index contributed by atoms with van der Waals surface area (Å²) >= 11 is 6.28. The molecule has 0 amide bonds. The van der Waals surface area contributed by atoms with Gasteiger partial charge in [0.2, 0.25) is 0 Å². The van der Waals surface area contributed by atoms with Gasteiger partial charge >= 0.3 is 11.9 Å². The number of rotatable bonds is 7. The maximum atomic E-state index is 11.7. The Bertz CT molecular complexity index is 1010. The minimum atomic E-state index is -1.04. The first-order chi connectivity index (χ1) is 12.9. The van der Waals surface area contributed by atoms with Crippen LogP contribution in [0.1, 0.15) is 51.9 Å². The van der Waals surface area contributed by atoms with Crippen molar-refractivity contribution in [2.45, 2.75) is 32.7 Å². The van der Waals surface area contributed by atoms with Gasteiger partial charge in [-0.25, -0.2) is 14.6 Å². The topological polar surface area (TPSA) is 92.4 Å². The summed E-state index contributed by atoms with van der Waals surface area (Å²) in [5.74, 6) is -1.26. The maximum absolute atomic E-state index is 11.7.